The number of nitriles is 1. The molecule has 2 rings (SSSR count). The number of likely N-dealkylation sites (tertiary alicyclic amines) is 1. The van der Waals surface area contributed by atoms with Crippen molar-refractivity contribution in [3.8, 4) is 11.8 Å². The molecule has 1 unspecified atom stereocenters. The lowest BCUT2D eigenvalue weighted by Gasteiger charge is -2.34. The summed E-state index contributed by atoms with van der Waals surface area (Å²) < 4.78 is 5.68. The number of nitrogens with zero attached hydrogens (tertiary/aromatic N) is 2. The van der Waals surface area contributed by atoms with Crippen molar-refractivity contribution in [3.05, 3.63) is 29.8 Å². The molecule has 0 radical (unpaired) electrons. The number of piperidine rings is 1. The van der Waals surface area contributed by atoms with Crippen molar-refractivity contribution in [1.82, 2.24) is 4.90 Å². The first-order chi connectivity index (χ1) is 9.35. The first-order valence-electron chi connectivity index (χ1n) is 6.82. The van der Waals surface area contributed by atoms with Crippen LogP contribution < -0.4 is 4.74 Å². The Morgan fingerprint density at radius 2 is 2.21 bits per heavy atom. The summed E-state index contributed by atoms with van der Waals surface area (Å²) in [6, 6.07) is 9.67. The zero-order chi connectivity index (χ0) is 13.5. The Kier molecular flexibility index (Phi) is 5.20. The van der Waals surface area contributed by atoms with Crippen LogP contribution in [0.25, 0.3) is 0 Å². The van der Waals surface area contributed by atoms with Crippen molar-refractivity contribution < 1.29 is 9.84 Å². The smallest absolute Gasteiger partial charge is 0.137 e. The summed E-state index contributed by atoms with van der Waals surface area (Å²) in [5, 5.41) is 18.3. The van der Waals surface area contributed by atoms with Crippen molar-refractivity contribution in [2.45, 2.75) is 25.3 Å². The lowest BCUT2D eigenvalue weighted by molar-refractivity contribution is 0.0773. The van der Waals surface area contributed by atoms with Gasteiger partial charge in [-0.3, -0.25) is 4.90 Å². The van der Waals surface area contributed by atoms with Crippen LogP contribution in [0.3, 0.4) is 0 Å². The van der Waals surface area contributed by atoms with Crippen molar-refractivity contribution in [2.24, 2.45) is 0 Å². The summed E-state index contributed by atoms with van der Waals surface area (Å²) in [7, 11) is 0. The average Bonchev–Trinajstić information content (AvgIpc) is 2.48. The van der Waals surface area contributed by atoms with Crippen LogP contribution in [0.5, 0.6) is 5.75 Å². The van der Waals surface area contributed by atoms with Gasteiger partial charge in [0.25, 0.3) is 0 Å². The normalized spacial score (nSPS) is 19.9. The fourth-order valence-corrected chi connectivity index (χ4v) is 2.52. The van der Waals surface area contributed by atoms with Gasteiger partial charge in [0.15, 0.2) is 0 Å². The first-order valence-corrected chi connectivity index (χ1v) is 6.82. The first kappa shape index (κ1) is 13.9. The Morgan fingerprint density at radius 3 is 3.00 bits per heavy atom. The molecule has 1 N–H and O–H groups in total. The molecular weight excluding hydrogens is 240 g/mol. The van der Waals surface area contributed by atoms with Crippen LogP contribution in [0.15, 0.2) is 24.3 Å². The highest BCUT2D eigenvalue weighted by atomic mass is 16.5. The topological polar surface area (TPSA) is 56.5 Å². The third kappa shape index (κ3) is 3.69. The minimum absolute atomic E-state index is 0.217. The van der Waals surface area contributed by atoms with E-state index in [9.17, 15) is 5.11 Å². The Balaban J connectivity index is 1.84. The maximum absolute atomic E-state index is 9.33. The fourth-order valence-electron chi connectivity index (χ4n) is 2.52. The molecule has 0 bridgehead atoms. The molecule has 1 aliphatic rings. The third-order valence-electron chi connectivity index (χ3n) is 3.60. The van der Waals surface area contributed by atoms with Gasteiger partial charge in [-0.1, -0.05) is 18.6 Å². The van der Waals surface area contributed by atoms with Crippen LogP contribution in [0.2, 0.25) is 0 Å². The SMILES string of the molecule is N#Cc1ccccc1OCCN1CCCCC1CO. The maximum Gasteiger partial charge on any atom is 0.137 e. The van der Waals surface area contributed by atoms with E-state index in [4.69, 9.17) is 10.00 Å². The average molecular weight is 260 g/mol. The lowest BCUT2D eigenvalue weighted by Crippen LogP contribution is -2.43. The van der Waals surface area contributed by atoms with Crippen LogP contribution in [0, 0.1) is 11.3 Å². The zero-order valence-electron chi connectivity index (χ0n) is 11.1. The number of aliphatic hydroxyl groups is 1. The maximum atomic E-state index is 9.33. The number of hydrogen-bond donors (Lipinski definition) is 1. The molecule has 102 valence electrons. The van der Waals surface area contributed by atoms with Crippen LogP contribution in [-0.4, -0.2) is 42.4 Å². The summed E-state index contributed by atoms with van der Waals surface area (Å²) in [4.78, 5) is 2.28. The van der Waals surface area contributed by atoms with Gasteiger partial charge < -0.3 is 9.84 Å². The second-order valence-corrected chi connectivity index (χ2v) is 4.82. The Hall–Kier alpha value is -1.57. The van der Waals surface area contributed by atoms with E-state index in [1.807, 2.05) is 18.2 Å². The van der Waals surface area contributed by atoms with Gasteiger partial charge in [0.05, 0.1) is 12.2 Å². The molecule has 0 saturated carbocycles. The molecule has 1 aromatic rings. The summed E-state index contributed by atoms with van der Waals surface area (Å²) in [5.74, 6) is 0.641. The summed E-state index contributed by atoms with van der Waals surface area (Å²) in [6.45, 7) is 2.59. The molecule has 4 heteroatoms. The van der Waals surface area contributed by atoms with Gasteiger partial charge >= 0.3 is 0 Å². The van der Waals surface area contributed by atoms with Gasteiger partial charge in [-0.2, -0.15) is 5.26 Å². The molecule has 0 aromatic heterocycles. The van der Waals surface area contributed by atoms with Gasteiger partial charge in [0.1, 0.15) is 18.4 Å². The fraction of sp³-hybridized carbons (Fsp3) is 0.533. The monoisotopic (exact) mass is 260 g/mol. The van der Waals surface area contributed by atoms with Crippen molar-refractivity contribution in [1.29, 1.82) is 5.26 Å². The van der Waals surface area contributed by atoms with Crippen molar-refractivity contribution in [3.63, 3.8) is 0 Å². The van der Waals surface area contributed by atoms with Gasteiger partial charge in [-0.15, -0.1) is 0 Å². The number of ether oxygens (including phenoxy) is 1. The van der Waals surface area contributed by atoms with E-state index in [-0.39, 0.29) is 12.6 Å². The Bertz CT molecular complexity index is 442. The zero-order valence-corrected chi connectivity index (χ0v) is 11.1. The summed E-state index contributed by atoms with van der Waals surface area (Å²) >= 11 is 0. The van der Waals surface area contributed by atoms with Gasteiger partial charge in [0.2, 0.25) is 0 Å². The predicted molar refractivity (Wildman–Crippen MR) is 72.9 cm³/mol. The quantitative estimate of drug-likeness (QED) is 0.877. The summed E-state index contributed by atoms with van der Waals surface area (Å²) in [6.07, 6.45) is 3.44. The highest BCUT2D eigenvalue weighted by Gasteiger charge is 2.21. The highest BCUT2D eigenvalue weighted by molar-refractivity contribution is 5.42. The predicted octanol–water partition coefficient (Wildman–Crippen LogP) is 1.78. The standard InChI is InChI=1S/C15H20N2O2/c16-11-13-5-1-2-7-15(13)19-10-9-17-8-4-3-6-14(17)12-18/h1-2,5,7,14,18H,3-4,6,8-10,12H2. The molecule has 4 nitrogen and oxygen atoms in total. The Morgan fingerprint density at radius 1 is 1.37 bits per heavy atom. The van der Waals surface area contributed by atoms with Crippen LogP contribution in [0.4, 0.5) is 0 Å². The van der Waals surface area contributed by atoms with Gasteiger partial charge in [-0.05, 0) is 31.5 Å². The minimum atomic E-state index is 0.217. The molecule has 0 aliphatic carbocycles. The van der Waals surface area contributed by atoms with Crippen molar-refractivity contribution in [2.75, 3.05) is 26.3 Å². The van der Waals surface area contributed by atoms with E-state index in [1.165, 1.54) is 12.8 Å². The van der Waals surface area contributed by atoms with Gasteiger partial charge in [-0.25, -0.2) is 0 Å². The second kappa shape index (κ2) is 7.13. The molecule has 1 saturated heterocycles. The van der Waals surface area contributed by atoms with E-state index < -0.39 is 0 Å². The molecule has 1 heterocycles. The molecule has 0 amide bonds. The van der Waals surface area contributed by atoms with Crippen LogP contribution in [-0.2, 0) is 0 Å². The van der Waals surface area contributed by atoms with Crippen LogP contribution >= 0.6 is 0 Å². The largest absolute Gasteiger partial charge is 0.491 e. The molecule has 1 aliphatic heterocycles. The van der Waals surface area contributed by atoms with Gasteiger partial charge in [0, 0.05) is 12.6 Å². The number of para-hydroxylation sites is 1. The van der Waals surface area contributed by atoms with E-state index in [1.54, 1.807) is 6.07 Å². The minimum Gasteiger partial charge on any atom is -0.491 e. The second-order valence-electron chi connectivity index (χ2n) is 4.82. The van der Waals surface area contributed by atoms with E-state index in [2.05, 4.69) is 11.0 Å². The van der Waals surface area contributed by atoms with Crippen molar-refractivity contribution >= 4 is 0 Å². The Labute approximate surface area is 114 Å². The number of hydrogen-bond acceptors (Lipinski definition) is 4. The molecular formula is C15H20N2O2. The molecule has 1 fully saturated rings. The molecule has 0 spiro atoms. The summed E-state index contributed by atoms with van der Waals surface area (Å²) in [5.41, 5.74) is 0.569. The third-order valence-corrected chi connectivity index (χ3v) is 3.60. The lowest BCUT2D eigenvalue weighted by atomic mass is 10.0. The molecule has 1 atom stereocenters. The molecule has 1 aromatic carbocycles. The number of benzene rings is 1. The van der Waals surface area contributed by atoms with E-state index in [0.29, 0.717) is 17.9 Å². The molecule has 19 heavy (non-hydrogen) atoms. The van der Waals surface area contributed by atoms with E-state index in [0.717, 1.165) is 19.5 Å². The number of aliphatic hydroxyl groups excluding tert-OH is 1. The number of rotatable bonds is 5. The van der Waals surface area contributed by atoms with E-state index >= 15 is 0 Å². The highest BCUT2D eigenvalue weighted by Crippen LogP contribution is 2.18. The van der Waals surface area contributed by atoms with Crippen LogP contribution in [0.1, 0.15) is 24.8 Å².